The van der Waals surface area contributed by atoms with Gasteiger partial charge in [-0.2, -0.15) is 0 Å². The van der Waals surface area contributed by atoms with E-state index in [2.05, 4.69) is 5.32 Å². The van der Waals surface area contributed by atoms with Gasteiger partial charge in [-0.3, -0.25) is 9.59 Å². The van der Waals surface area contributed by atoms with Crippen molar-refractivity contribution in [1.29, 1.82) is 0 Å². The van der Waals surface area contributed by atoms with Crippen LogP contribution in [0.25, 0.3) is 0 Å². The molecule has 8 atom stereocenters. The number of ether oxygens (including phenoxy) is 2. The molecule has 7 nitrogen and oxygen atoms in total. The lowest BCUT2D eigenvalue weighted by Gasteiger charge is -2.62. The summed E-state index contributed by atoms with van der Waals surface area (Å²) in [6.07, 6.45) is 5.14. The summed E-state index contributed by atoms with van der Waals surface area (Å²) in [5.74, 6) is -0.451. The maximum atomic E-state index is 17.3. The molecule has 1 aromatic carbocycles. The van der Waals surface area contributed by atoms with Gasteiger partial charge in [-0.1, -0.05) is 25.5 Å². The number of carbonyl (C=O) groups excluding carboxylic acids is 2. The molecule has 4 aliphatic carbocycles. The third-order valence-electron chi connectivity index (χ3n) is 10.5. The molecule has 0 radical (unpaired) electrons. The number of aliphatic hydroxyl groups is 2. The molecule has 0 aromatic heterocycles. The summed E-state index contributed by atoms with van der Waals surface area (Å²) >= 11 is 0. The van der Waals surface area contributed by atoms with Gasteiger partial charge in [0.05, 0.1) is 19.8 Å². The van der Waals surface area contributed by atoms with E-state index in [0.29, 0.717) is 50.2 Å². The molecule has 1 aromatic rings. The predicted molar refractivity (Wildman–Crippen MR) is 144 cm³/mol. The van der Waals surface area contributed by atoms with Crippen molar-refractivity contribution in [1.82, 2.24) is 5.32 Å². The first-order chi connectivity index (χ1) is 18.4. The fourth-order valence-corrected chi connectivity index (χ4v) is 8.30. The molecule has 8 unspecified atom stereocenters. The van der Waals surface area contributed by atoms with Gasteiger partial charge in [0.2, 0.25) is 0 Å². The minimum Gasteiger partial charge on any atom is -0.497 e. The van der Waals surface area contributed by atoms with E-state index in [9.17, 15) is 19.8 Å². The molecule has 8 heteroatoms. The van der Waals surface area contributed by atoms with Crippen molar-refractivity contribution >= 4 is 11.7 Å². The van der Waals surface area contributed by atoms with E-state index >= 15 is 4.39 Å². The minimum atomic E-state index is -1.99. The van der Waals surface area contributed by atoms with E-state index in [0.717, 1.165) is 5.75 Å². The summed E-state index contributed by atoms with van der Waals surface area (Å²) in [5, 5.41) is 26.4. The summed E-state index contributed by atoms with van der Waals surface area (Å²) < 4.78 is 28.1. The van der Waals surface area contributed by atoms with E-state index < -0.39 is 45.9 Å². The average molecular weight is 542 g/mol. The number of hydrogen-bond donors (Lipinski definition) is 3. The van der Waals surface area contributed by atoms with Crippen LogP contribution in [0.3, 0.4) is 0 Å². The lowest BCUT2D eigenvalue weighted by molar-refractivity contribution is -0.219. The maximum absolute atomic E-state index is 17.3. The standard InChI is InChI=1S/C31H40FNO6/c1-19-16-25-24-11-6-20-17-21(34)12-13-28(20,2)30(24,32)26(35)18-29(25,3)31(19,37)27(36)33-14-5-15-39-23-9-7-22(38-4)8-10-23/h7-10,12-13,17,19,24-26,35,37H,5-6,11,14-16,18H2,1-4H3,(H,33,36). The number of ketones is 1. The molecule has 212 valence electrons. The van der Waals surface area contributed by atoms with Gasteiger partial charge in [-0.15, -0.1) is 0 Å². The Kier molecular flexibility index (Phi) is 6.95. The van der Waals surface area contributed by atoms with Gasteiger partial charge in [-0.05, 0) is 87.3 Å². The number of aliphatic hydroxyl groups excluding tert-OH is 1. The first kappa shape index (κ1) is 27.8. The summed E-state index contributed by atoms with van der Waals surface area (Å²) in [7, 11) is 1.60. The van der Waals surface area contributed by atoms with Crippen LogP contribution in [0.2, 0.25) is 0 Å². The molecule has 3 N–H and O–H groups in total. The number of allylic oxidation sites excluding steroid dienone is 4. The molecule has 0 spiro atoms. The van der Waals surface area contributed by atoms with E-state index in [4.69, 9.17) is 9.47 Å². The van der Waals surface area contributed by atoms with E-state index in [1.165, 1.54) is 12.2 Å². The smallest absolute Gasteiger partial charge is 0.252 e. The van der Waals surface area contributed by atoms with Crippen LogP contribution in [-0.4, -0.2) is 59.5 Å². The molecule has 3 fully saturated rings. The molecule has 4 aliphatic rings. The molecule has 1 amide bonds. The Labute approximate surface area is 229 Å². The predicted octanol–water partition coefficient (Wildman–Crippen LogP) is 3.93. The molecule has 3 saturated carbocycles. The highest BCUT2D eigenvalue weighted by molar-refractivity contribution is 6.01. The van der Waals surface area contributed by atoms with Crippen molar-refractivity contribution in [2.24, 2.45) is 28.6 Å². The van der Waals surface area contributed by atoms with Crippen molar-refractivity contribution in [2.75, 3.05) is 20.3 Å². The second-order valence-electron chi connectivity index (χ2n) is 12.3. The van der Waals surface area contributed by atoms with Gasteiger partial charge in [-0.25, -0.2) is 4.39 Å². The van der Waals surface area contributed by atoms with Gasteiger partial charge in [0.15, 0.2) is 17.1 Å². The summed E-state index contributed by atoms with van der Waals surface area (Å²) in [4.78, 5) is 25.6. The molecule has 5 rings (SSSR count). The Hall–Kier alpha value is -2.71. The Bertz CT molecular complexity index is 1200. The number of carbonyl (C=O) groups is 2. The number of fused-ring (bicyclic) bond motifs is 5. The van der Waals surface area contributed by atoms with Crippen molar-refractivity contribution in [3.8, 4) is 11.5 Å². The van der Waals surface area contributed by atoms with Crippen LogP contribution in [-0.2, 0) is 9.59 Å². The Morgan fingerprint density at radius 3 is 2.56 bits per heavy atom. The highest BCUT2D eigenvalue weighted by atomic mass is 19.1. The largest absolute Gasteiger partial charge is 0.497 e. The molecule has 39 heavy (non-hydrogen) atoms. The van der Waals surface area contributed by atoms with E-state index in [-0.39, 0.29) is 18.1 Å². The van der Waals surface area contributed by atoms with Gasteiger partial charge >= 0.3 is 0 Å². The van der Waals surface area contributed by atoms with Crippen molar-refractivity contribution in [3.63, 3.8) is 0 Å². The Morgan fingerprint density at radius 2 is 1.87 bits per heavy atom. The lowest BCUT2D eigenvalue weighted by atomic mass is 9.44. The van der Waals surface area contributed by atoms with E-state index in [1.807, 2.05) is 38.1 Å². The highest BCUT2D eigenvalue weighted by Gasteiger charge is 2.75. The van der Waals surface area contributed by atoms with Gasteiger partial charge < -0.3 is 25.0 Å². The quantitative estimate of drug-likeness (QED) is 0.452. The van der Waals surface area contributed by atoms with Gasteiger partial charge in [0.1, 0.15) is 11.5 Å². The van der Waals surface area contributed by atoms with Crippen LogP contribution in [0.5, 0.6) is 11.5 Å². The fraction of sp³-hybridized carbons (Fsp3) is 0.613. The van der Waals surface area contributed by atoms with Crippen LogP contribution in [0, 0.1) is 28.6 Å². The molecular formula is C31H40FNO6. The Morgan fingerprint density at radius 1 is 1.18 bits per heavy atom. The Balaban J connectivity index is 1.29. The maximum Gasteiger partial charge on any atom is 0.252 e. The zero-order valence-corrected chi connectivity index (χ0v) is 23.2. The minimum absolute atomic E-state index is 0.0375. The van der Waals surface area contributed by atoms with E-state index in [1.54, 1.807) is 20.1 Å². The number of amides is 1. The zero-order chi connectivity index (χ0) is 28.2. The summed E-state index contributed by atoms with van der Waals surface area (Å²) in [6.45, 7) is 6.15. The normalized spacial score (nSPS) is 40.7. The van der Waals surface area contributed by atoms with Crippen molar-refractivity contribution in [3.05, 3.63) is 48.1 Å². The van der Waals surface area contributed by atoms with Crippen LogP contribution in [0.15, 0.2) is 48.1 Å². The third kappa shape index (κ3) is 3.97. The summed E-state index contributed by atoms with van der Waals surface area (Å²) in [5.41, 5.74) is -5.11. The van der Waals surface area contributed by atoms with Crippen LogP contribution < -0.4 is 14.8 Å². The number of alkyl halides is 1. The third-order valence-corrected chi connectivity index (χ3v) is 10.5. The van der Waals surface area contributed by atoms with Gasteiger partial charge in [0, 0.05) is 23.3 Å². The number of nitrogens with one attached hydrogen (secondary N) is 1. The summed E-state index contributed by atoms with van der Waals surface area (Å²) in [6, 6.07) is 7.24. The molecule has 0 aliphatic heterocycles. The number of halogens is 1. The molecular weight excluding hydrogens is 501 g/mol. The number of methoxy groups -OCH3 is 1. The topological polar surface area (TPSA) is 105 Å². The second-order valence-corrected chi connectivity index (χ2v) is 12.3. The first-order valence-corrected chi connectivity index (χ1v) is 14.0. The van der Waals surface area contributed by atoms with Crippen LogP contribution in [0.4, 0.5) is 4.39 Å². The second kappa shape index (κ2) is 9.73. The fourth-order valence-electron chi connectivity index (χ4n) is 8.30. The zero-order valence-electron chi connectivity index (χ0n) is 23.2. The number of rotatable bonds is 7. The van der Waals surface area contributed by atoms with Crippen molar-refractivity contribution < 1.29 is 33.7 Å². The first-order valence-electron chi connectivity index (χ1n) is 14.0. The number of hydrogen-bond acceptors (Lipinski definition) is 6. The number of benzene rings is 1. The lowest BCUT2D eigenvalue weighted by Crippen LogP contribution is -2.70. The average Bonchev–Trinajstić information content (AvgIpc) is 3.11. The highest BCUT2D eigenvalue weighted by Crippen LogP contribution is 2.70. The molecule has 0 heterocycles. The van der Waals surface area contributed by atoms with Crippen LogP contribution in [0.1, 0.15) is 52.9 Å². The van der Waals surface area contributed by atoms with Gasteiger partial charge in [0.25, 0.3) is 5.91 Å². The van der Waals surface area contributed by atoms with Crippen molar-refractivity contribution in [2.45, 2.75) is 70.2 Å². The van der Waals surface area contributed by atoms with Crippen LogP contribution >= 0.6 is 0 Å². The monoisotopic (exact) mass is 541 g/mol. The molecule has 0 saturated heterocycles. The SMILES string of the molecule is COc1ccc(OCCCNC(=O)C2(O)C(C)CC3C4CCC5=CC(=O)C=CC5(C)C4(F)C(O)CC32C)cc1. The molecule has 0 bridgehead atoms.